The summed E-state index contributed by atoms with van der Waals surface area (Å²) in [5, 5.41) is 18.1. The first-order valence-corrected chi connectivity index (χ1v) is 5.65. The second-order valence-corrected chi connectivity index (χ2v) is 4.15. The summed E-state index contributed by atoms with van der Waals surface area (Å²) in [6.45, 7) is 3.02. The fraction of sp³-hybridized carbons (Fsp3) is 0.364. The van der Waals surface area contributed by atoms with Gasteiger partial charge in [-0.1, -0.05) is 6.92 Å². The summed E-state index contributed by atoms with van der Waals surface area (Å²) in [5.74, 6) is 0.939. The Morgan fingerprint density at radius 2 is 2.39 bits per heavy atom. The first kappa shape index (κ1) is 12.2. The minimum atomic E-state index is -0.999. The number of hydrogen-bond acceptors (Lipinski definition) is 4. The molecule has 7 heteroatoms. The summed E-state index contributed by atoms with van der Waals surface area (Å²) in [7, 11) is 0. The van der Waals surface area contributed by atoms with Gasteiger partial charge in [0.25, 0.3) is 0 Å². The molecule has 1 atom stereocenters. The van der Waals surface area contributed by atoms with E-state index in [1.54, 1.807) is 17.0 Å². The maximum Gasteiger partial charge on any atom is 0.404 e. The van der Waals surface area contributed by atoms with Crippen molar-refractivity contribution in [1.29, 1.82) is 0 Å². The van der Waals surface area contributed by atoms with Gasteiger partial charge < -0.3 is 15.7 Å². The van der Waals surface area contributed by atoms with Gasteiger partial charge in [-0.05, 0) is 12.0 Å². The minimum Gasteiger partial charge on any atom is -0.465 e. The van der Waals surface area contributed by atoms with Crippen LogP contribution in [0.3, 0.4) is 0 Å². The molecular formula is C11H15N5O2. The zero-order chi connectivity index (χ0) is 13.0. The van der Waals surface area contributed by atoms with Gasteiger partial charge in [-0.15, -0.1) is 0 Å². The Labute approximate surface area is 104 Å². The van der Waals surface area contributed by atoms with Gasteiger partial charge in [0.2, 0.25) is 0 Å². The molecule has 0 saturated carbocycles. The molecule has 1 amide bonds. The molecule has 2 rings (SSSR count). The molecule has 0 saturated heterocycles. The van der Waals surface area contributed by atoms with E-state index in [4.69, 9.17) is 5.11 Å². The molecule has 3 N–H and O–H groups in total. The van der Waals surface area contributed by atoms with Crippen molar-refractivity contribution < 1.29 is 9.90 Å². The molecule has 1 unspecified atom stereocenters. The van der Waals surface area contributed by atoms with Gasteiger partial charge in [-0.3, -0.25) is 0 Å². The molecule has 2 heterocycles. The molecular weight excluding hydrogens is 234 g/mol. The van der Waals surface area contributed by atoms with Crippen LogP contribution >= 0.6 is 0 Å². The minimum absolute atomic E-state index is 0.184. The number of aromatic nitrogens is 3. The van der Waals surface area contributed by atoms with Crippen LogP contribution in [0.1, 0.15) is 6.92 Å². The van der Waals surface area contributed by atoms with Crippen molar-refractivity contribution in [1.82, 2.24) is 19.9 Å². The predicted octanol–water partition coefficient (Wildman–Crippen LogP) is 1.04. The number of carbonyl (C=O) groups is 1. The second-order valence-electron chi connectivity index (χ2n) is 4.15. The van der Waals surface area contributed by atoms with E-state index in [2.05, 4.69) is 20.7 Å². The molecule has 0 aliphatic heterocycles. The predicted molar refractivity (Wildman–Crippen MR) is 66.7 cm³/mol. The Morgan fingerprint density at radius 3 is 3.17 bits per heavy atom. The van der Waals surface area contributed by atoms with Gasteiger partial charge in [-0.25, -0.2) is 14.3 Å². The van der Waals surface area contributed by atoms with E-state index in [0.29, 0.717) is 13.1 Å². The lowest BCUT2D eigenvalue weighted by Gasteiger charge is -2.12. The Morgan fingerprint density at radius 1 is 1.56 bits per heavy atom. The number of rotatable bonds is 5. The maximum atomic E-state index is 10.3. The second kappa shape index (κ2) is 5.35. The largest absolute Gasteiger partial charge is 0.465 e. The Balaban J connectivity index is 1.87. The zero-order valence-electron chi connectivity index (χ0n) is 10.00. The van der Waals surface area contributed by atoms with E-state index in [1.807, 2.05) is 19.1 Å². The van der Waals surface area contributed by atoms with Gasteiger partial charge in [0.15, 0.2) is 0 Å². The molecule has 2 aromatic heterocycles. The van der Waals surface area contributed by atoms with Gasteiger partial charge in [0.05, 0.1) is 11.7 Å². The van der Waals surface area contributed by atoms with Crippen molar-refractivity contribution in [2.45, 2.75) is 6.92 Å². The van der Waals surface area contributed by atoms with Gasteiger partial charge in [0, 0.05) is 19.2 Å². The highest BCUT2D eigenvalue weighted by Gasteiger charge is 2.04. The fourth-order valence-corrected chi connectivity index (χ4v) is 1.54. The molecule has 0 aliphatic carbocycles. The van der Waals surface area contributed by atoms with E-state index in [0.717, 1.165) is 11.3 Å². The summed E-state index contributed by atoms with van der Waals surface area (Å²) in [5.41, 5.74) is 0.962. The lowest BCUT2D eigenvalue weighted by molar-refractivity contribution is 0.193. The topological polar surface area (TPSA) is 91.5 Å². The molecule has 18 heavy (non-hydrogen) atoms. The molecule has 0 bridgehead atoms. The normalized spacial score (nSPS) is 12.3. The van der Waals surface area contributed by atoms with Crippen molar-refractivity contribution in [2.24, 2.45) is 5.92 Å². The van der Waals surface area contributed by atoms with Gasteiger partial charge in [0.1, 0.15) is 12.1 Å². The van der Waals surface area contributed by atoms with Crippen LogP contribution in [0.15, 0.2) is 24.7 Å². The van der Waals surface area contributed by atoms with Gasteiger partial charge >= 0.3 is 6.09 Å². The number of amides is 1. The summed E-state index contributed by atoms with van der Waals surface area (Å²) < 4.78 is 1.68. The number of fused-ring (bicyclic) bond motifs is 1. The van der Waals surface area contributed by atoms with Crippen LogP contribution in [-0.2, 0) is 0 Å². The van der Waals surface area contributed by atoms with E-state index in [1.165, 1.54) is 0 Å². The van der Waals surface area contributed by atoms with Crippen LogP contribution in [-0.4, -0.2) is 38.9 Å². The van der Waals surface area contributed by atoms with Crippen LogP contribution < -0.4 is 10.6 Å². The van der Waals surface area contributed by atoms with Crippen molar-refractivity contribution in [3.63, 3.8) is 0 Å². The highest BCUT2D eigenvalue weighted by atomic mass is 16.4. The summed E-state index contributed by atoms with van der Waals surface area (Å²) in [6, 6.07) is 3.78. The SMILES string of the molecule is CC(CNC(=O)O)CNc1cc2ccnn2cn1. The van der Waals surface area contributed by atoms with E-state index >= 15 is 0 Å². The Bertz CT molecular complexity index is 539. The Kier molecular flexibility index (Phi) is 3.61. The number of hydrogen-bond donors (Lipinski definition) is 3. The summed E-state index contributed by atoms with van der Waals surface area (Å²) in [6.07, 6.45) is 2.35. The van der Waals surface area contributed by atoms with E-state index in [9.17, 15) is 4.79 Å². The van der Waals surface area contributed by atoms with Crippen LogP contribution in [0.2, 0.25) is 0 Å². The van der Waals surface area contributed by atoms with Gasteiger partial charge in [-0.2, -0.15) is 5.10 Å². The highest BCUT2D eigenvalue weighted by molar-refractivity contribution is 5.64. The molecule has 7 nitrogen and oxygen atoms in total. The van der Waals surface area contributed by atoms with E-state index < -0.39 is 6.09 Å². The standard InChI is InChI=1S/C11H15N5O2/c1-8(6-13-11(17)18)5-12-10-4-9-2-3-15-16(9)7-14-10/h2-4,7-8,12-13H,5-6H2,1H3,(H,17,18). The van der Waals surface area contributed by atoms with E-state index in [-0.39, 0.29) is 5.92 Å². The summed E-state index contributed by atoms with van der Waals surface area (Å²) >= 11 is 0. The molecule has 0 aliphatic rings. The van der Waals surface area contributed by atoms with Crippen molar-refractivity contribution in [2.75, 3.05) is 18.4 Å². The monoisotopic (exact) mass is 249 g/mol. The van der Waals surface area contributed by atoms with Crippen LogP contribution in [0, 0.1) is 5.92 Å². The number of carboxylic acid groups (broad SMARTS) is 1. The molecule has 0 aromatic carbocycles. The number of nitrogens with zero attached hydrogens (tertiary/aromatic N) is 3. The highest BCUT2D eigenvalue weighted by Crippen LogP contribution is 2.08. The summed E-state index contributed by atoms with van der Waals surface area (Å²) in [4.78, 5) is 14.5. The number of nitrogens with one attached hydrogen (secondary N) is 2. The molecule has 2 aromatic rings. The average Bonchev–Trinajstić information content (AvgIpc) is 2.81. The van der Waals surface area contributed by atoms with Crippen molar-refractivity contribution >= 4 is 17.4 Å². The first-order valence-electron chi connectivity index (χ1n) is 5.65. The van der Waals surface area contributed by atoms with Crippen LogP contribution in [0.25, 0.3) is 5.52 Å². The zero-order valence-corrected chi connectivity index (χ0v) is 10.00. The van der Waals surface area contributed by atoms with Crippen LogP contribution in [0.5, 0.6) is 0 Å². The van der Waals surface area contributed by atoms with Crippen molar-refractivity contribution in [3.8, 4) is 0 Å². The molecule has 96 valence electrons. The first-order chi connectivity index (χ1) is 8.65. The average molecular weight is 249 g/mol. The van der Waals surface area contributed by atoms with Crippen LogP contribution in [0.4, 0.5) is 10.6 Å². The number of anilines is 1. The maximum absolute atomic E-state index is 10.3. The third kappa shape index (κ3) is 3.09. The lowest BCUT2D eigenvalue weighted by Crippen LogP contribution is -2.29. The molecule has 0 spiro atoms. The quantitative estimate of drug-likeness (QED) is 0.736. The molecule has 0 radical (unpaired) electrons. The third-order valence-electron chi connectivity index (χ3n) is 2.53. The molecule has 0 fully saturated rings. The fourth-order valence-electron chi connectivity index (χ4n) is 1.54. The third-order valence-corrected chi connectivity index (χ3v) is 2.53. The Hall–Kier alpha value is -2.31. The smallest absolute Gasteiger partial charge is 0.404 e. The van der Waals surface area contributed by atoms with Crippen molar-refractivity contribution in [3.05, 3.63) is 24.7 Å². The lowest BCUT2D eigenvalue weighted by atomic mass is 10.2.